The van der Waals surface area contributed by atoms with Gasteiger partial charge in [-0.15, -0.1) is 0 Å². The third-order valence-corrected chi connectivity index (χ3v) is 3.87. The van der Waals surface area contributed by atoms with Crippen LogP contribution in [0.4, 0.5) is 5.69 Å². The molecule has 1 aliphatic carbocycles. The van der Waals surface area contributed by atoms with E-state index in [1.54, 1.807) is 24.3 Å². The minimum absolute atomic E-state index is 0.496. The molecule has 0 spiro atoms. The van der Waals surface area contributed by atoms with Crippen LogP contribution in [0.3, 0.4) is 0 Å². The lowest BCUT2D eigenvalue weighted by Crippen LogP contribution is -2.36. The van der Waals surface area contributed by atoms with Gasteiger partial charge in [0.05, 0.1) is 12.8 Å². The molecule has 1 aromatic rings. The second kappa shape index (κ2) is 7.67. The lowest BCUT2D eigenvalue weighted by atomic mass is 10.0. The fourth-order valence-electron chi connectivity index (χ4n) is 2.70. The third kappa shape index (κ3) is 4.48. The van der Waals surface area contributed by atoms with Crippen LogP contribution in [0.15, 0.2) is 24.3 Å². The molecule has 0 radical (unpaired) electrons. The van der Waals surface area contributed by atoms with Crippen molar-refractivity contribution in [1.82, 2.24) is 5.32 Å². The van der Waals surface area contributed by atoms with Gasteiger partial charge in [0, 0.05) is 6.54 Å². The van der Waals surface area contributed by atoms with E-state index in [9.17, 15) is 9.59 Å². The highest BCUT2D eigenvalue weighted by Crippen LogP contribution is 2.27. The van der Waals surface area contributed by atoms with E-state index in [0.29, 0.717) is 23.9 Å². The number of rotatable bonds is 5. The minimum atomic E-state index is -0.661. The number of nitrogens with one attached hydrogen (secondary N) is 2. The van der Waals surface area contributed by atoms with E-state index in [-0.39, 0.29) is 0 Å². The summed E-state index contributed by atoms with van der Waals surface area (Å²) in [5, 5.41) is 5.24. The van der Waals surface area contributed by atoms with Crippen LogP contribution in [0.5, 0.6) is 5.75 Å². The van der Waals surface area contributed by atoms with E-state index in [1.165, 1.54) is 32.8 Å². The summed E-state index contributed by atoms with van der Waals surface area (Å²) in [5.41, 5.74) is 0.496. The molecule has 0 atom stereocenters. The Bertz CT molecular complexity index is 496. The predicted octanol–water partition coefficient (Wildman–Crippen LogP) is 2.33. The van der Waals surface area contributed by atoms with Gasteiger partial charge in [-0.3, -0.25) is 9.59 Å². The van der Waals surface area contributed by atoms with Crippen molar-refractivity contribution < 1.29 is 14.3 Å². The van der Waals surface area contributed by atoms with Gasteiger partial charge in [0.1, 0.15) is 5.75 Å². The summed E-state index contributed by atoms with van der Waals surface area (Å²) in [6, 6.07) is 7.00. The van der Waals surface area contributed by atoms with Gasteiger partial charge in [-0.1, -0.05) is 37.8 Å². The first-order valence-electron chi connectivity index (χ1n) is 7.43. The fraction of sp³-hybridized carbons (Fsp3) is 0.500. The summed E-state index contributed by atoms with van der Waals surface area (Å²) in [6.07, 6.45) is 6.00. The molecule has 1 fully saturated rings. The van der Waals surface area contributed by atoms with E-state index in [1.807, 2.05) is 0 Å². The van der Waals surface area contributed by atoms with Crippen LogP contribution in [0.25, 0.3) is 0 Å². The summed E-state index contributed by atoms with van der Waals surface area (Å²) >= 11 is 0. The number of methoxy groups -OCH3 is 1. The maximum absolute atomic E-state index is 11.8. The summed E-state index contributed by atoms with van der Waals surface area (Å²) in [4.78, 5) is 23.6. The van der Waals surface area contributed by atoms with Crippen molar-refractivity contribution >= 4 is 17.5 Å². The maximum atomic E-state index is 11.8. The van der Waals surface area contributed by atoms with Gasteiger partial charge in [0.25, 0.3) is 0 Å². The molecule has 0 unspecified atom stereocenters. The molecule has 0 heterocycles. The van der Waals surface area contributed by atoms with E-state index >= 15 is 0 Å². The van der Waals surface area contributed by atoms with Crippen LogP contribution < -0.4 is 15.4 Å². The molecule has 1 saturated carbocycles. The largest absolute Gasteiger partial charge is 0.495 e. The summed E-state index contributed by atoms with van der Waals surface area (Å²) in [5.74, 6) is -0.0305. The third-order valence-electron chi connectivity index (χ3n) is 3.87. The second-order valence-corrected chi connectivity index (χ2v) is 5.35. The van der Waals surface area contributed by atoms with Crippen LogP contribution in [0.1, 0.15) is 32.1 Å². The molecular weight excluding hydrogens is 268 g/mol. The molecule has 2 N–H and O–H groups in total. The number of hydrogen-bond donors (Lipinski definition) is 2. The Hall–Kier alpha value is -2.04. The smallest absolute Gasteiger partial charge is 0.313 e. The number of amides is 2. The monoisotopic (exact) mass is 290 g/mol. The summed E-state index contributed by atoms with van der Waals surface area (Å²) in [6.45, 7) is 0.558. The van der Waals surface area contributed by atoms with Crippen LogP contribution in [-0.2, 0) is 9.59 Å². The standard InChI is InChI=1S/C16H22N2O3/c1-21-14-9-5-4-8-13(14)18-16(20)15(19)17-11-10-12-6-2-3-7-12/h4-5,8-9,12H,2-3,6-7,10-11H2,1H3,(H,17,19)(H,18,20). The highest BCUT2D eigenvalue weighted by molar-refractivity contribution is 6.39. The first-order chi connectivity index (χ1) is 10.2. The first-order valence-corrected chi connectivity index (χ1v) is 7.43. The zero-order valence-corrected chi connectivity index (χ0v) is 12.4. The first kappa shape index (κ1) is 15.4. The van der Waals surface area contributed by atoms with Crippen molar-refractivity contribution in [2.24, 2.45) is 5.92 Å². The molecule has 2 amide bonds. The van der Waals surface area contributed by atoms with Crippen LogP contribution in [-0.4, -0.2) is 25.5 Å². The average Bonchev–Trinajstić information content (AvgIpc) is 3.01. The minimum Gasteiger partial charge on any atom is -0.495 e. The number of anilines is 1. The quantitative estimate of drug-likeness (QED) is 0.818. The van der Waals surface area contributed by atoms with Crippen molar-refractivity contribution in [3.8, 4) is 5.75 Å². The molecule has 2 rings (SSSR count). The van der Waals surface area contributed by atoms with E-state index in [2.05, 4.69) is 10.6 Å². The van der Waals surface area contributed by atoms with E-state index in [0.717, 1.165) is 6.42 Å². The predicted molar refractivity (Wildman–Crippen MR) is 81.2 cm³/mol. The molecule has 0 bridgehead atoms. The second-order valence-electron chi connectivity index (χ2n) is 5.35. The van der Waals surface area contributed by atoms with E-state index < -0.39 is 11.8 Å². The summed E-state index contributed by atoms with van der Waals surface area (Å²) in [7, 11) is 1.52. The van der Waals surface area contributed by atoms with E-state index in [4.69, 9.17) is 4.74 Å². The maximum Gasteiger partial charge on any atom is 0.313 e. The van der Waals surface area contributed by atoms with Crippen molar-refractivity contribution in [2.45, 2.75) is 32.1 Å². The molecule has 1 aromatic carbocycles. The molecule has 0 aliphatic heterocycles. The molecule has 5 heteroatoms. The molecule has 114 valence electrons. The zero-order valence-electron chi connectivity index (χ0n) is 12.4. The van der Waals surface area contributed by atoms with Crippen molar-refractivity contribution in [2.75, 3.05) is 19.0 Å². The Labute approximate surface area is 125 Å². The van der Waals surface area contributed by atoms with Crippen LogP contribution in [0.2, 0.25) is 0 Å². The van der Waals surface area contributed by atoms with Crippen LogP contribution >= 0.6 is 0 Å². The zero-order chi connectivity index (χ0) is 15.1. The normalized spacial score (nSPS) is 14.7. The number of hydrogen-bond acceptors (Lipinski definition) is 3. The number of para-hydroxylation sites is 2. The molecule has 21 heavy (non-hydrogen) atoms. The molecule has 5 nitrogen and oxygen atoms in total. The lowest BCUT2D eigenvalue weighted by Gasteiger charge is -2.11. The Kier molecular flexibility index (Phi) is 5.60. The average molecular weight is 290 g/mol. The highest BCUT2D eigenvalue weighted by Gasteiger charge is 2.17. The molecule has 0 aromatic heterocycles. The Morgan fingerprint density at radius 2 is 1.90 bits per heavy atom. The Balaban J connectivity index is 1.77. The molecular formula is C16H22N2O3. The van der Waals surface area contributed by atoms with Crippen molar-refractivity contribution in [1.29, 1.82) is 0 Å². The number of carbonyl (C=O) groups excluding carboxylic acids is 2. The van der Waals surface area contributed by atoms with Gasteiger partial charge in [-0.05, 0) is 24.5 Å². The topological polar surface area (TPSA) is 67.4 Å². The molecule has 0 saturated heterocycles. The van der Waals surface area contributed by atoms with Crippen LogP contribution in [0, 0.1) is 5.92 Å². The van der Waals surface area contributed by atoms with Gasteiger partial charge in [-0.25, -0.2) is 0 Å². The van der Waals surface area contributed by atoms with Crippen molar-refractivity contribution in [3.05, 3.63) is 24.3 Å². The van der Waals surface area contributed by atoms with Gasteiger partial charge in [0.2, 0.25) is 0 Å². The number of ether oxygens (including phenoxy) is 1. The van der Waals surface area contributed by atoms with Gasteiger partial charge in [-0.2, -0.15) is 0 Å². The lowest BCUT2D eigenvalue weighted by molar-refractivity contribution is -0.136. The number of benzene rings is 1. The van der Waals surface area contributed by atoms with Gasteiger partial charge >= 0.3 is 11.8 Å². The Morgan fingerprint density at radius 3 is 2.62 bits per heavy atom. The van der Waals surface area contributed by atoms with Gasteiger partial charge < -0.3 is 15.4 Å². The number of carbonyl (C=O) groups is 2. The SMILES string of the molecule is COc1ccccc1NC(=O)C(=O)NCCC1CCCC1. The Morgan fingerprint density at radius 1 is 1.19 bits per heavy atom. The summed E-state index contributed by atoms with van der Waals surface area (Å²) < 4.78 is 5.13. The molecule has 1 aliphatic rings. The highest BCUT2D eigenvalue weighted by atomic mass is 16.5. The fourth-order valence-corrected chi connectivity index (χ4v) is 2.70. The van der Waals surface area contributed by atoms with Gasteiger partial charge in [0.15, 0.2) is 0 Å². The van der Waals surface area contributed by atoms with Crippen molar-refractivity contribution in [3.63, 3.8) is 0 Å².